The Kier molecular flexibility index (Phi) is 4.64. The minimum atomic E-state index is -0.344. The number of hydrogen-bond acceptors (Lipinski definition) is 3. The molecule has 5 nitrogen and oxygen atoms in total. The first kappa shape index (κ1) is 17.9. The number of benzene rings is 1. The van der Waals surface area contributed by atoms with Crippen LogP contribution in [0.4, 0.5) is 0 Å². The van der Waals surface area contributed by atoms with Crippen molar-refractivity contribution in [3.63, 3.8) is 0 Å². The molecule has 0 aliphatic heterocycles. The van der Waals surface area contributed by atoms with Crippen LogP contribution >= 0.6 is 0 Å². The highest BCUT2D eigenvalue weighted by Crippen LogP contribution is 2.24. The van der Waals surface area contributed by atoms with Crippen LogP contribution in [0.15, 0.2) is 47.5 Å². The van der Waals surface area contributed by atoms with Gasteiger partial charge in [-0.3, -0.25) is 14.0 Å². The van der Waals surface area contributed by atoms with Gasteiger partial charge in [0.1, 0.15) is 11.2 Å². The molecule has 3 rings (SSSR count). The lowest BCUT2D eigenvalue weighted by Crippen LogP contribution is -2.35. The van der Waals surface area contributed by atoms with Gasteiger partial charge < -0.3 is 4.90 Å². The van der Waals surface area contributed by atoms with Crippen molar-refractivity contribution < 1.29 is 4.79 Å². The molecular formula is C21H23N3O2. The fourth-order valence-corrected chi connectivity index (χ4v) is 3.11. The second-order valence-corrected chi connectivity index (χ2v) is 6.86. The summed E-state index contributed by atoms with van der Waals surface area (Å²) in [5, 5.41) is 0. The van der Waals surface area contributed by atoms with Crippen LogP contribution in [-0.4, -0.2) is 27.2 Å². The Morgan fingerprint density at radius 1 is 1.12 bits per heavy atom. The first-order chi connectivity index (χ1) is 12.3. The number of amides is 1. The number of fused-ring (bicyclic) bond motifs is 1. The number of hydrogen-bond donors (Lipinski definition) is 0. The molecule has 1 aromatic carbocycles. The monoisotopic (exact) mass is 349 g/mol. The Bertz CT molecular complexity index is 1050. The van der Waals surface area contributed by atoms with Crippen molar-refractivity contribution in [3.05, 3.63) is 80.9 Å². The molecule has 2 heterocycles. The van der Waals surface area contributed by atoms with E-state index in [0.29, 0.717) is 5.65 Å². The molecule has 0 bridgehead atoms. The van der Waals surface area contributed by atoms with Gasteiger partial charge in [-0.05, 0) is 50.5 Å². The quantitative estimate of drug-likeness (QED) is 0.728. The minimum Gasteiger partial charge on any atom is -0.335 e. The average Bonchev–Trinajstić information content (AvgIpc) is 2.62. The predicted molar refractivity (Wildman–Crippen MR) is 103 cm³/mol. The summed E-state index contributed by atoms with van der Waals surface area (Å²) in [6, 6.07) is 9.69. The number of nitrogens with zero attached hydrogens (tertiary/aromatic N) is 3. The molecule has 26 heavy (non-hydrogen) atoms. The number of carbonyl (C=O) groups is 1. The van der Waals surface area contributed by atoms with E-state index in [4.69, 9.17) is 0 Å². The summed E-state index contributed by atoms with van der Waals surface area (Å²) >= 11 is 0. The van der Waals surface area contributed by atoms with Crippen LogP contribution in [-0.2, 0) is 0 Å². The van der Waals surface area contributed by atoms with E-state index < -0.39 is 0 Å². The van der Waals surface area contributed by atoms with Crippen molar-refractivity contribution in [2.45, 2.75) is 33.7 Å². The number of aryl methyl sites for hydroxylation is 3. The lowest BCUT2D eigenvalue weighted by Gasteiger charge is -2.26. The number of pyridine rings is 1. The Balaban J connectivity index is 2.01. The molecule has 0 radical (unpaired) electrons. The Morgan fingerprint density at radius 3 is 2.54 bits per heavy atom. The van der Waals surface area contributed by atoms with E-state index in [2.05, 4.69) is 23.2 Å². The van der Waals surface area contributed by atoms with Crippen molar-refractivity contribution in [2.75, 3.05) is 7.05 Å². The summed E-state index contributed by atoms with van der Waals surface area (Å²) in [5.41, 5.74) is 4.53. The van der Waals surface area contributed by atoms with E-state index in [1.807, 2.05) is 33.8 Å². The molecule has 0 saturated heterocycles. The first-order valence-corrected chi connectivity index (χ1v) is 8.62. The lowest BCUT2D eigenvalue weighted by molar-refractivity contribution is 0.0740. The SMILES string of the molecule is Cc1ccc(C)c([C@H](C)N(C)C(=O)c2cnc3ccc(C)cn3c2=O)c1. The maximum atomic E-state index is 13.0. The van der Waals surface area contributed by atoms with E-state index in [-0.39, 0.29) is 23.1 Å². The maximum Gasteiger partial charge on any atom is 0.270 e. The molecule has 5 heteroatoms. The van der Waals surface area contributed by atoms with Gasteiger partial charge in [0.25, 0.3) is 11.5 Å². The standard InChI is InChI=1S/C21H23N3O2/c1-13-6-8-15(3)17(10-13)16(4)23(5)20(25)18-11-22-19-9-7-14(2)12-24(19)21(18)26/h6-12,16H,1-5H3/t16-/m0/s1. The van der Waals surface area contributed by atoms with Crippen LogP contribution in [0, 0.1) is 20.8 Å². The third-order valence-electron chi connectivity index (χ3n) is 4.87. The van der Waals surface area contributed by atoms with Gasteiger partial charge in [0.15, 0.2) is 0 Å². The highest BCUT2D eigenvalue weighted by atomic mass is 16.2. The second-order valence-electron chi connectivity index (χ2n) is 6.86. The van der Waals surface area contributed by atoms with E-state index in [0.717, 1.165) is 22.3 Å². The fourth-order valence-electron chi connectivity index (χ4n) is 3.11. The number of carbonyl (C=O) groups excluding carboxylic acids is 1. The summed E-state index contributed by atoms with van der Waals surface area (Å²) in [6.07, 6.45) is 3.08. The Labute approximate surface area is 152 Å². The predicted octanol–water partition coefficient (Wildman–Crippen LogP) is 3.45. The van der Waals surface area contributed by atoms with Crippen LogP contribution in [0.25, 0.3) is 5.65 Å². The number of aromatic nitrogens is 2. The highest BCUT2D eigenvalue weighted by Gasteiger charge is 2.23. The molecule has 134 valence electrons. The molecule has 0 fully saturated rings. The number of rotatable bonds is 3. The lowest BCUT2D eigenvalue weighted by atomic mass is 9.99. The Morgan fingerprint density at radius 2 is 1.81 bits per heavy atom. The third kappa shape index (κ3) is 3.12. The van der Waals surface area contributed by atoms with Gasteiger partial charge in [0, 0.05) is 19.4 Å². The van der Waals surface area contributed by atoms with E-state index in [9.17, 15) is 9.59 Å². The fraction of sp³-hybridized carbons (Fsp3) is 0.286. The zero-order chi connectivity index (χ0) is 19.0. The van der Waals surface area contributed by atoms with Crippen molar-refractivity contribution in [1.82, 2.24) is 14.3 Å². The van der Waals surface area contributed by atoms with E-state index in [1.165, 1.54) is 10.6 Å². The van der Waals surface area contributed by atoms with Crippen molar-refractivity contribution >= 4 is 11.6 Å². The molecule has 0 N–H and O–H groups in total. The first-order valence-electron chi connectivity index (χ1n) is 8.62. The van der Waals surface area contributed by atoms with Crippen LogP contribution in [0.1, 0.15) is 45.6 Å². The van der Waals surface area contributed by atoms with Crippen LogP contribution < -0.4 is 5.56 Å². The summed E-state index contributed by atoms with van der Waals surface area (Å²) < 4.78 is 1.43. The molecule has 0 saturated carbocycles. The average molecular weight is 349 g/mol. The molecule has 2 aromatic heterocycles. The van der Waals surface area contributed by atoms with Gasteiger partial charge in [-0.2, -0.15) is 0 Å². The molecular weight excluding hydrogens is 326 g/mol. The van der Waals surface area contributed by atoms with Gasteiger partial charge in [0.05, 0.1) is 6.04 Å². The topological polar surface area (TPSA) is 54.7 Å². The van der Waals surface area contributed by atoms with E-state index in [1.54, 1.807) is 24.2 Å². The molecule has 0 aliphatic rings. The molecule has 0 aliphatic carbocycles. The van der Waals surface area contributed by atoms with Gasteiger partial charge in [-0.15, -0.1) is 0 Å². The third-order valence-corrected chi connectivity index (χ3v) is 4.87. The van der Waals surface area contributed by atoms with Crippen molar-refractivity contribution in [2.24, 2.45) is 0 Å². The van der Waals surface area contributed by atoms with Gasteiger partial charge >= 0.3 is 0 Å². The largest absolute Gasteiger partial charge is 0.335 e. The maximum absolute atomic E-state index is 13.0. The Hall–Kier alpha value is -2.95. The summed E-state index contributed by atoms with van der Waals surface area (Å²) in [5.74, 6) is -0.327. The zero-order valence-corrected chi connectivity index (χ0v) is 15.8. The molecule has 0 spiro atoms. The van der Waals surface area contributed by atoms with Crippen LogP contribution in [0.5, 0.6) is 0 Å². The summed E-state index contributed by atoms with van der Waals surface area (Å²) in [7, 11) is 1.72. The molecule has 1 amide bonds. The van der Waals surface area contributed by atoms with Gasteiger partial charge in [0.2, 0.25) is 0 Å². The zero-order valence-electron chi connectivity index (χ0n) is 15.8. The van der Waals surface area contributed by atoms with Crippen LogP contribution in [0.3, 0.4) is 0 Å². The molecule has 0 unspecified atom stereocenters. The normalized spacial score (nSPS) is 12.2. The van der Waals surface area contributed by atoms with Gasteiger partial charge in [-0.1, -0.05) is 29.8 Å². The minimum absolute atomic E-state index is 0.0766. The van der Waals surface area contributed by atoms with E-state index >= 15 is 0 Å². The molecule has 3 aromatic rings. The van der Waals surface area contributed by atoms with Crippen molar-refractivity contribution in [3.8, 4) is 0 Å². The smallest absolute Gasteiger partial charge is 0.270 e. The van der Waals surface area contributed by atoms with Gasteiger partial charge in [-0.25, -0.2) is 4.98 Å². The second kappa shape index (κ2) is 6.75. The summed E-state index contributed by atoms with van der Waals surface area (Å²) in [6.45, 7) is 7.92. The highest BCUT2D eigenvalue weighted by molar-refractivity contribution is 5.93. The van der Waals surface area contributed by atoms with Crippen molar-refractivity contribution in [1.29, 1.82) is 0 Å². The summed E-state index contributed by atoms with van der Waals surface area (Å²) in [4.78, 5) is 31.6. The van der Waals surface area contributed by atoms with Crippen LogP contribution in [0.2, 0.25) is 0 Å². The molecule has 1 atom stereocenters.